The van der Waals surface area contributed by atoms with Gasteiger partial charge in [0.1, 0.15) is 5.84 Å². The third kappa shape index (κ3) is 5.95. The number of benzene rings is 1. The highest BCUT2D eigenvalue weighted by molar-refractivity contribution is 5.87. The largest absolute Gasteiger partial charge is 0.345 e. The number of allylic oxidation sites excluding steroid dienone is 16. The van der Waals surface area contributed by atoms with Crippen LogP contribution in [0.15, 0.2) is 167 Å². The Hall–Kier alpha value is -4.37. The number of anilines is 1. The van der Waals surface area contributed by atoms with E-state index in [9.17, 15) is 0 Å². The van der Waals surface area contributed by atoms with Crippen molar-refractivity contribution >= 4 is 11.5 Å². The van der Waals surface area contributed by atoms with Crippen molar-refractivity contribution in [1.82, 2.24) is 4.90 Å². The molecule has 0 radical (unpaired) electrons. The van der Waals surface area contributed by atoms with Crippen molar-refractivity contribution in [2.24, 2.45) is 34.1 Å². The predicted octanol–water partition coefficient (Wildman–Crippen LogP) is 11.7. The van der Waals surface area contributed by atoms with Gasteiger partial charge < -0.3 is 9.80 Å². The quantitative estimate of drug-likeness (QED) is 0.210. The molecule has 0 N–H and O–H groups in total. The lowest BCUT2D eigenvalue weighted by molar-refractivity contribution is 0.294. The van der Waals surface area contributed by atoms with Crippen molar-refractivity contribution in [3.05, 3.63) is 162 Å². The number of para-hydroxylation sites is 1. The molecule has 1 aromatic carbocycles. The van der Waals surface area contributed by atoms with Gasteiger partial charge in [-0.15, -0.1) is 0 Å². The van der Waals surface area contributed by atoms with E-state index in [-0.39, 0.29) is 11.5 Å². The highest BCUT2D eigenvalue weighted by Crippen LogP contribution is 2.55. The smallest absolute Gasteiger partial charge is 0.106 e. The van der Waals surface area contributed by atoms with E-state index in [2.05, 4.69) is 157 Å². The molecule has 7 unspecified atom stereocenters. The fourth-order valence-corrected chi connectivity index (χ4v) is 10.8. The molecule has 8 aliphatic rings. The number of hydrogen-bond acceptors (Lipinski definition) is 3. The van der Waals surface area contributed by atoms with Gasteiger partial charge in [0.2, 0.25) is 0 Å². The average Bonchev–Trinajstić information content (AvgIpc) is 3.67. The van der Waals surface area contributed by atoms with Gasteiger partial charge in [0.15, 0.2) is 0 Å². The number of fused-ring (bicyclic) bond motifs is 6. The summed E-state index contributed by atoms with van der Waals surface area (Å²) in [6.45, 7) is 4.68. The predicted molar refractivity (Wildman–Crippen MR) is 219 cm³/mol. The number of amidine groups is 1. The van der Waals surface area contributed by atoms with Gasteiger partial charge in [0, 0.05) is 41.3 Å². The summed E-state index contributed by atoms with van der Waals surface area (Å²) in [5, 5.41) is 0. The summed E-state index contributed by atoms with van der Waals surface area (Å²) in [6, 6.07) is 12.1. The summed E-state index contributed by atoms with van der Waals surface area (Å²) in [5.74, 6) is 3.60. The Morgan fingerprint density at radius 1 is 0.904 bits per heavy atom. The van der Waals surface area contributed by atoms with Gasteiger partial charge in [0.25, 0.3) is 0 Å². The zero-order valence-corrected chi connectivity index (χ0v) is 31.2. The summed E-state index contributed by atoms with van der Waals surface area (Å²) >= 11 is 0. The molecule has 0 spiro atoms. The third-order valence-electron chi connectivity index (χ3n) is 13.3. The monoisotopic (exact) mass is 685 g/mol. The van der Waals surface area contributed by atoms with Gasteiger partial charge >= 0.3 is 0 Å². The van der Waals surface area contributed by atoms with E-state index in [1.165, 1.54) is 66.2 Å². The lowest BCUT2D eigenvalue weighted by Crippen LogP contribution is -2.45. The Morgan fingerprint density at radius 2 is 1.79 bits per heavy atom. The van der Waals surface area contributed by atoms with Crippen LogP contribution in [0.1, 0.15) is 78.1 Å². The second-order valence-corrected chi connectivity index (χ2v) is 16.4. The zero-order chi connectivity index (χ0) is 35.1. The first-order valence-corrected chi connectivity index (χ1v) is 20.4. The molecule has 0 amide bonds. The Bertz CT molecular complexity index is 1920. The lowest BCUT2D eigenvalue weighted by atomic mass is 9.71. The highest BCUT2D eigenvalue weighted by Gasteiger charge is 2.54. The maximum atomic E-state index is 5.57. The maximum Gasteiger partial charge on any atom is 0.106 e. The van der Waals surface area contributed by atoms with Gasteiger partial charge in [-0.1, -0.05) is 122 Å². The van der Waals surface area contributed by atoms with Gasteiger partial charge in [-0.25, -0.2) is 4.99 Å². The van der Waals surface area contributed by atoms with Crippen molar-refractivity contribution in [3.63, 3.8) is 0 Å². The molecule has 52 heavy (non-hydrogen) atoms. The van der Waals surface area contributed by atoms with Crippen molar-refractivity contribution in [3.8, 4) is 0 Å². The van der Waals surface area contributed by atoms with Crippen LogP contribution in [-0.4, -0.2) is 28.9 Å². The molecule has 0 bridgehead atoms. The highest BCUT2D eigenvalue weighted by atomic mass is 15.3. The fourth-order valence-electron chi connectivity index (χ4n) is 10.8. The molecule has 5 aliphatic carbocycles. The Labute approximate surface area is 312 Å². The summed E-state index contributed by atoms with van der Waals surface area (Å²) in [7, 11) is 0. The number of likely N-dealkylation sites (tertiary alicyclic amines) is 1. The first kappa shape index (κ1) is 33.5. The summed E-state index contributed by atoms with van der Waals surface area (Å²) in [4.78, 5) is 11.0. The van der Waals surface area contributed by atoms with Gasteiger partial charge in [0.05, 0.1) is 18.1 Å². The Morgan fingerprint density at radius 3 is 2.65 bits per heavy atom. The molecular formula is C49H55N3. The van der Waals surface area contributed by atoms with Crippen LogP contribution in [0, 0.1) is 29.1 Å². The molecule has 9 rings (SSSR count). The van der Waals surface area contributed by atoms with Gasteiger partial charge in [-0.2, -0.15) is 0 Å². The van der Waals surface area contributed by atoms with Crippen LogP contribution in [0.4, 0.5) is 5.69 Å². The van der Waals surface area contributed by atoms with Crippen LogP contribution >= 0.6 is 0 Å². The summed E-state index contributed by atoms with van der Waals surface area (Å²) < 4.78 is 0. The number of hydrogen-bond donors (Lipinski definition) is 0. The zero-order valence-electron chi connectivity index (χ0n) is 31.2. The summed E-state index contributed by atoms with van der Waals surface area (Å²) in [5.41, 5.74) is 8.48. The van der Waals surface area contributed by atoms with E-state index in [0.717, 1.165) is 32.1 Å². The Balaban J connectivity index is 1.07. The fraction of sp³-hybridized carbons (Fsp3) is 0.408. The lowest BCUT2D eigenvalue weighted by Gasteiger charge is -2.40. The third-order valence-corrected chi connectivity index (χ3v) is 13.3. The van der Waals surface area contributed by atoms with Crippen LogP contribution in [0.2, 0.25) is 0 Å². The first-order valence-electron chi connectivity index (χ1n) is 20.4. The number of rotatable bonds is 7. The average molecular weight is 686 g/mol. The van der Waals surface area contributed by atoms with Crippen LogP contribution in [0.3, 0.4) is 0 Å². The van der Waals surface area contributed by atoms with Crippen molar-refractivity contribution < 1.29 is 0 Å². The standard InChI is InChI=1S/C49H55N3/c1-3-4-5-6-11-20-39-31-38(35-18-9-7-10-19-35)34-48(50-39)52-46-26-17-15-24-43(46)49(2)30-29-37(33-47(49)52)36-27-28-45-42(32-36)41-23-14-16-25-44(41)51(45)40-21-12-8-13-22-40/h4-6,8-9,11-13,15-18,21-22,24-25,27-31,33,35,38,41-42,44,46-47H,3,7,10,14,19-20,23,26,32,34H2,1-2H3/b5-4-,11-6-/t35?,38?,41?,42?,44?,46-,47?,49?/m1/s1. The summed E-state index contributed by atoms with van der Waals surface area (Å²) in [6.07, 6.45) is 52.4. The molecular weight excluding hydrogens is 631 g/mol. The van der Waals surface area contributed by atoms with Crippen LogP contribution < -0.4 is 4.90 Å². The van der Waals surface area contributed by atoms with E-state index in [1.54, 1.807) is 5.57 Å². The normalized spacial score (nSPS) is 34.7. The first-order chi connectivity index (χ1) is 25.6. The van der Waals surface area contributed by atoms with Crippen LogP contribution in [0.25, 0.3) is 0 Å². The van der Waals surface area contributed by atoms with E-state index >= 15 is 0 Å². The Kier molecular flexibility index (Phi) is 9.15. The molecule has 3 aliphatic heterocycles. The molecule has 3 heteroatoms. The molecule has 8 atom stereocenters. The minimum atomic E-state index is -0.0547. The molecule has 2 fully saturated rings. The minimum Gasteiger partial charge on any atom is -0.345 e. The molecule has 1 aromatic rings. The molecule has 0 aromatic heterocycles. The van der Waals surface area contributed by atoms with Crippen molar-refractivity contribution in [1.29, 1.82) is 0 Å². The SMILES string of the molecule is CC/C=C\C=C/CC1=CC(C2C=CCCC2)CC(N2C3C=C(C4=CC=C5C(C4)C4CCC=CC4N5c4ccccc4)C=CC3(C)C3=CC=CC[C@H]32)=N1. The molecule has 266 valence electrons. The maximum absolute atomic E-state index is 5.57. The topological polar surface area (TPSA) is 18.8 Å². The second kappa shape index (κ2) is 14.2. The second-order valence-electron chi connectivity index (χ2n) is 16.4. The molecule has 3 nitrogen and oxygen atoms in total. The van der Waals surface area contributed by atoms with E-state index in [4.69, 9.17) is 4.99 Å². The van der Waals surface area contributed by atoms with Crippen molar-refractivity contribution in [2.75, 3.05) is 4.90 Å². The van der Waals surface area contributed by atoms with E-state index < -0.39 is 0 Å². The molecule has 3 heterocycles. The van der Waals surface area contributed by atoms with Gasteiger partial charge in [-0.3, -0.25) is 0 Å². The van der Waals surface area contributed by atoms with Crippen molar-refractivity contribution in [2.45, 2.75) is 96.2 Å². The van der Waals surface area contributed by atoms with Crippen LogP contribution in [0.5, 0.6) is 0 Å². The van der Waals surface area contributed by atoms with E-state index in [0.29, 0.717) is 35.8 Å². The van der Waals surface area contributed by atoms with E-state index in [1.807, 2.05) is 0 Å². The van der Waals surface area contributed by atoms with Gasteiger partial charge in [-0.05, 0) is 111 Å². The minimum absolute atomic E-state index is 0.0547. The number of nitrogens with zero attached hydrogens (tertiary/aromatic N) is 3. The number of aliphatic imine (C=N–C) groups is 1. The van der Waals surface area contributed by atoms with Crippen LogP contribution in [-0.2, 0) is 0 Å². The molecule has 0 saturated carbocycles. The molecule has 2 saturated heterocycles.